The topological polar surface area (TPSA) is 71.3 Å². The van der Waals surface area contributed by atoms with Gasteiger partial charge in [0.2, 0.25) is 11.8 Å². The molecule has 2 aromatic rings. The molecular formula is C21H32N4O2S2. The highest BCUT2D eigenvalue weighted by Crippen LogP contribution is 2.32. The van der Waals surface area contributed by atoms with E-state index in [1.165, 1.54) is 11.3 Å². The molecule has 0 aromatic carbocycles. The van der Waals surface area contributed by atoms with E-state index in [0.717, 1.165) is 35.9 Å². The number of carbonyl (C=O) groups excluding carboxylic acids is 1. The molecule has 0 radical (unpaired) electrons. The fourth-order valence-electron chi connectivity index (χ4n) is 3.26. The lowest BCUT2D eigenvalue weighted by Crippen LogP contribution is -2.47. The first kappa shape index (κ1) is 22.3. The number of likely N-dealkylation sites (tertiary alicyclic amines) is 1. The number of piperidine rings is 1. The number of anilines is 1. The van der Waals surface area contributed by atoms with Crippen molar-refractivity contribution in [2.75, 3.05) is 18.4 Å². The predicted molar refractivity (Wildman–Crippen MR) is 120 cm³/mol. The predicted octanol–water partition coefficient (Wildman–Crippen LogP) is 5.17. The Labute approximate surface area is 181 Å². The van der Waals surface area contributed by atoms with Gasteiger partial charge in [-0.1, -0.05) is 32.1 Å². The Morgan fingerprint density at radius 2 is 1.90 bits per heavy atom. The van der Waals surface area contributed by atoms with Gasteiger partial charge in [0, 0.05) is 16.9 Å². The van der Waals surface area contributed by atoms with Gasteiger partial charge in [0.1, 0.15) is 5.76 Å². The molecule has 0 saturated carbocycles. The zero-order valence-electron chi connectivity index (χ0n) is 18.2. The molecule has 0 unspecified atom stereocenters. The van der Waals surface area contributed by atoms with Crippen LogP contribution in [0.5, 0.6) is 0 Å². The summed E-state index contributed by atoms with van der Waals surface area (Å²) in [6.07, 6.45) is 5.41. The summed E-state index contributed by atoms with van der Waals surface area (Å²) in [5.74, 6) is 2.41. The van der Waals surface area contributed by atoms with Crippen LogP contribution in [0.4, 0.5) is 5.13 Å². The number of carbonyl (C=O) groups is 1. The lowest BCUT2D eigenvalue weighted by Gasteiger charge is -2.40. The monoisotopic (exact) mass is 436 g/mol. The molecule has 1 N–H and O–H groups in total. The summed E-state index contributed by atoms with van der Waals surface area (Å²) in [7, 11) is 0. The fourth-order valence-corrected chi connectivity index (χ4v) is 4.99. The van der Waals surface area contributed by atoms with Crippen LogP contribution < -0.4 is 5.32 Å². The number of rotatable bonds is 5. The van der Waals surface area contributed by atoms with Crippen LogP contribution in [0.3, 0.4) is 0 Å². The molecule has 8 heteroatoms. The maximum absolute atomic E-state index is 12.6. The van der Waals surface area contributed by atoms with Crippen molar-refractivity contribution in [1.82, 2.24) is 14.9 Å². The van der Waals surface area contributed by atoms with Crippen molar-refractivity contribution in [2.24, 2.45) is 5.92 Å². The second kappa shape index (κ2) is 8.78. The molecule has 1 fully saturated rings. The summed E-state index contributed by atoms with van der Waals surface area (Å²) >= 11 is 3.13. The molecule has 6 nitrogen and oxygen atoms in total. The van der Waals surface area contributed by atoms with E-state index < -0.39 is 0 Å². The van der Waals surface area contributed by atoms with Crippen molar-refractivity contribution in [2.45, 2.75) is 75.3 Å². The average Bonchev–Trinajstić information content (AvgIpc) is 3.28. The summed E-state index contributed by atoms with van der Waals surface area (Å²) in [4.78, 5) is 23.8. The van der Waals surface area contributed by atoms with E-state index in [-0.39, 0.29) is 22.8 Å². The smallest absolute Gasteiger partial charge is 0.229 e. The summed E-state index contributed by atoms with van der Waals surface area (Å²) in [6, 6.07) is 0. The molecule has 3 rings (SSSR count). The molecule has 1 aliphatic rings. The van der Waals surface area contributed by atoms with E-state index >= 15 is 0 Å². The molecule has 1 amide bonds. The van der Waals surface area contributed by atoms with Crippen LogP contribution in [-0.4, -0.2) is 39.4 Å². The van der Waals surface area contributed by atoms with Gasteiger partial charge >= 0.3 is 0 Å². The van der Waals surface area contributed by atoms with Crippen LogP contribution in [0.25, 0.3) is 0 Å². The van der Waals surface area contributed by atoms with Crippen LogP contribution in [0.15, 0.2) is 21.0 Å². The first-order chi connectivity index (χ1) is 13.5. The van der Waals surface area contributed by atoms with Crippen molar-refractivity contribution in [3.8, 4) is 0 Å². The number of amides is 1. The Hall–Kier alpha value is -1.38. The number of hydrogen-bond acceptors (Lipinski definition) is 7. The standard InChI is InChI=1S/C21H32N4O2S2/c1-20(2,3)15-11-22-16(27-15)13-28-17-12-23-19(29-17)24-18(26)14-7-9-25(10-8-14)21(4,5)6/h11-12,14H,7-10,13H2,1-6H3,(H,23,24,26). The Morgan fingerprint density at radius 1 is 1.21 bits per heavy atom. The zero-order chi connectivity index (χ0) is 21.2. The largest absolute Gasteiger partial charge is 0.444 e. The number of nitrogens with one attached hydrogen (secondary N) is 1. The zero-order valence-corrected chi connectivity index (χ0v) is 19.9. The summed E-state index contributed by atoms with van der Waals surface area (Å²) in [6.45, 7) is 14.9. The first-order valence-corrected chi connectivity index (χ1v) is 11.9. The number of hydrogen-bond donors (Lipinski definition) is 1. The highest BCUT2D eigenvalue weighted by molar-refractivity contribution is 8.00. The van der Waals surface area contributed by atoms with Gasteiger partial charge in [-0.2, -0.15) is 0 Å². The van der Waals surface area contributed by atoms with Crippen LogP contribution in [0, 0.1) is 5.92 Å². The van der Waals surface area contributed by atoms with Crippen LogP contribution >= 0.6 is 23.1 Å². The van der Waals surface area contributed by atoms with Crippen LogP contribution in [0.2, 0.25) is 0 Å². The van der Waals surface area contributed by atoms with Gasteiger partial charge in [-0.3, -0.25) is 9.69 Å². The molecule has 0 spiro atoms. The second-order valence-electron chi connectivity index (χ2n) is 9.56. The summed E-state index contributed by atoms with van der Waals surface area (Å²) < 4.78 is 6.87. The molecule has 160 valence electrons. The molecule has 0 bridgehead atoms. The lowest BCUT2D eigenvalue weighted by molar-refractivity contribution is -0.121. The number of oxazole rings is 1. The minimum absolute atomic E-state index is 0.0408. The highest BCUT2D eigenvalue weighted by Gasteiger charge is 2.30. The maximum atomic E-state index is 12.6. The van der Waals surface area contributed by atoms with E-state index in [1.54, 1.807) is 24.2 Å². The second-order valence-corrected chi connectivity index (χ2v) is 11.9. The number of aromatic nitrogens is 2. The van der Waals surface area contributed by atoms with Crippen molar-refractivity contribution in [1.29, 1.82) is 0 Å². The highest BCUT2D eigenvalue weighted by atomic mass is 32.2. The summed E-state index contributed by atoms with van der Waals surface area (Å²) in [5.41, 5.74) is 0.125. The third-order valence-electron chi connectivity index (χ3n) is 5.16. The Balaban J connectivity index is 1.48. The Bertz CT molecular complexity index is 824. The molecule has 0 atom stereocenters. The molecule has 3 heterocycles. The van der Waals surface area contributed by atoms with E-state index in [0.29, 0.717) is 16.8 Å². The van der Waals surface area contributed by atoms with Crippen molar-refractivity contribution in [3.05, 3.63) is 24.0 Å². The van der Waals surface area contributed by atoms with Crippen LogP contribution in [-0.2, 0) is 16.0 Å². The maximum Gasteiger partial charge on any atom is 0.229 e. The van der Waals surface area contributed by atoms with E-state index in [4.69, 9.17) is 4.42 Å². The van der Waals surface area contributed by atoms with Gasteiger partial charge in [-0.25, -0.2) is 9.97 Å². The Kier molecular flexibility index (Phi) is 6.75. The minimum atomic E-state index is -0.0408. The van der Waals surface area contributed by atoms with Gasteiger partial charge in [-0.15, -0.1) is 11.8 Å². The Morgan fingerprint density at radius 3 is 2.48 bits per heavy atom. The lowest BCUT2D eigenvalue weighted by atomic mass is 9.92. The van der Waals surface area contributed by atoms with Gasteiger partial charge in [0.25, 0.3) is 0 Å². The van der Waals surface area contributed by atoms with E-state index in [9.17, 15) is 4.79 Å². The minimum Gasteiger partial charge on any atom is -0.444 e. The molecule has 0 aliphatic carbocycles. The first-order valence-electron chi connectivity index (χ1n) is 10.1. The molecule has 29 heavy (non-hydrogen) atoms. The molecule has 1 saturated heterocycles. The molecule has 1 aliphatic heterocycles. The average molecular weight is 437 g/mol. The SMILES string of the molecule is CC(C)(C)c1cnc(CSc2cnc(NC(=O)C3CCN(C(C)(C)C)CC3)s2)o1. The molecule has 2 aromatic heterocycles. The number of nitrogens with zero attached hydrogens (tertiary/aromatic N) is 3. The fraction of sp³-hybridized carbons (Fsp3) is 0.667. The van der Waals surface area contributed by atoms with Gasteiger partial charge in [-0.05, 0) is 46.7 Å². The quantitative estimate of drug-likeness (QED) is 0.652. The van der Waals surface area contributed by atoms with Crippen molar-refractivity contribution >= 4 is 34.1 Å². The van der Waals surface area contributed by atoms with Crippen molar-refractivity contribution < 1.29 is 9.21 Å². The van der Waals surface area contributed by atoms with Gasteiger partial charge in [0.15, 0.2) is 5.13 Å². The van der Waals surface area contributed by atoms with Gasteiger partial charge < -0.3 is 9.73 Å². The third-order valence-corrected chi connectivity index (χ3v) is 7.25. The number of thioether (sulfide) groups is 1. The van der Waals surface area contributed by atoms with Gasteiger partial charge in [0.05, 0.1) is 22.4 Å². The van der Waals surface area contributed by atoms with E-state index in [2.05, 4.69) is 61.7 Å². The summed E-state index contributed by atoms with van der Waals surface area (Å²) in [5, 5.41) is 3.67. The van der Waals surface area contributed by atoms with Crippen LogP contribution in [0.1, 0.15) is 66.0 Å². The molecular weight excluding hydrogens is 404 g/mol. The van der Waals surface area contributed by atoms with Crippen molar-refractivity contribution in [3.63, 3.8) is 0 Å². The number of thiazole rings is 1. The normalized spacial score (nSPS) is 16.9. The third kappa shape index (κ3) is 6.06. The van der Waals surface area contributed by atoms with E-state index in [1.807, 2.05) is 0 Å².